The van der Waals surface area contributed by atoms with Gasteiger partial charge in [0.2, 0.25) is 0 Å². The smallest absolute Gasteiger partial charge is 0.0252 e. The van der Waals surface area contributed by atoms with Crippen molar-refractivity contribution in [3.63, 3.8) is 0 Å². The van der Waals surface area contributed by atoms with Crippen LogP contribution in [0.1, 0.15) is 9.75 Å². The normalized spacial score (nSPS) is 11.9. The summed E-state index contributed by atoms with van der Waals surface area (Å²) >= 11 is 3.49. The monoisotopic (exact) mass is 236 g/mol. The molecule has 0 amide bonds. The lowest BCUT2D eigenvalue weighted by Gasteiger charge is -2.23. The molecule has 0 saturated carbocycles. The highest BCUT2D eigenvalue weighted by Gasteiger charge is 2.20. The van der Waals surface area contributed by atoms with Crippen molar-refractivity contribution in [2.24, 2.45) is 5.73 Å². The van der Waals surface area contributed by atoms with Gasteiger partial charge in [-0.2, -0.15) is 0 Å². The summed E-state index contributed by atoms with van der Waals surface area (Å²) in [4.78, 5) is 2.62. The predicted octanol–water partition coefficient (Wildman–Crippen LogP) is 3.13. The summed E-state index contributed by atoms with van der Waals surface area (Å²) in [6.07, 6.45) is 1.70. The van der Waals surface area contributed by atoms with Crippen molar-refractivity contribution in [2.75, 3.05) is 0 Å². The quantitative estimate of drug-likeness (QED) is 0.867. The van der Waals surface area contributed by atoms with Gasteiger partial charge >= 0.3 is 0 Å². The molecule has 0 atom stereocenters. The molecule has 1 nitrogen and oxygen atoms in total. The molecular weight excluding hydrogens is 222 g/mol. The fraction of sp³-hybridized carbons (Fsp3) is 0.250. The number of thiophene rings is 2. The second-order valence-electron chi connectivity index (χ2n) is 3.87. The highest BCUT2D eigenvalue weighted by atomic mass is 32.1. The SMILES string of the molecule is [CH2]C(N)(Cc1cccs1)Cc1cccs1. The van der Waals surface area contributed by atoms with Crippen molar-refractivity contribution in [3.8, 4) is 0 Å². The predicted molar refractivity (Wildman–Crippen MR) is 68.3 cm³/mol. The van der Waals surface area contributed by atoms with Gasteiger partial charge in [-0.3, -0.25) is 0 Å². The maximum atomic E-state index is 6.20. The van der Waals surface area contributed by atoms with E-state index < -0.39 is 0 Å². The first kappa shape index (κ1) is 10.9. The van der Waals surface area contributed by atoms with Gasteiger partial charge < -0.3 is 5.73 Å². The Morgan fingerprint density at radius 3 is 1.87 bits per heavy atom. The van der Waals surface area contributed by atoms with Crippen LogP contribution in [-0.2, 0) is 12.8 Å². The van der Waals surface area contributed by atoms with E-state index in [2.05, 4.69) is 41.9 Å². The number of hydrogen-bond donors (Lipinski definition) is 1. The topological polar surface area (TPSA) is 26.0 Å². The number of nitrogens with two attached hydrogens (primary N) is 1. The van der Waals surface area contributed by atoms with Crippen LogP contribution in [-0.4, -0.2) is 5.54 Å². The summed E-state index contributed by atoms with van der Waals surface area (Å²) in [5.41, 5.74) is 5.82. The minimum absolute atomic E-state index is 0.379. The van der Waals surface area contributed by atoms with E-state index in [1.807, 2.05) is 0 Å². The lowest BCUT2D eigenvalue weighted by molar-refractivity contribution is 0.525. The standard InChI is InChI=1S/C12H14NS2/c1-12(13,8-10-4-2-6-14-10)9-11-5-3-7-15-11/h2-7H,1,8-9,13H2. The molecule has 79 valence electrons. The van der Waals surface area contributed by atoms with Gasteiger partial charge in [0, 0.05) is 28.1 Å². The third-order valence-corrected chi connectivity index (χ3v) is 3.97. The molecule has 0 spiro atoms. The van der Waals surface area contributed by atoms with E-state index in [0.29, 0.717) is 0 Å². The zero-order valence-corrected chi connectivity index (χ0v) is 10.1. The molecule has 15 heavy (non-hydrogen) atoms. The average molecular weight is 236 g/mol. The molecular formula is C12H14NS2. The maximum absolute atomic E-state index is 6.20. The summed E-state index contributed by atoms with van der Waals surface area (Å²) in [6, 6.07) is 8.35. The largest absolute Gasteiger partial charge is 0.324 e. The molecule has 2 rings (SSSR count). The van der Waals surface area contributed by atoms with Crippen molar-refractivity contribution in [1.82, 2.24) is 0 Å². The molecule has 0 unspecified atom stereocenters. The summed E-state index contributed by atoms with van der Waals surface area (Å²) in [5, 5.41) is 4.16. The summed E-state index contributed by atoms with van der Waals surface area (Å²) < 4.78 is 0. The summed E-state index contributed by atoms with van der Waals surface area (Å²) in [7, 11) is 0. The fourth-order valence-electron chi connectivity index (χ4n) is 1.58. The second-order valence-corrected chi connectivity index (χ2v) is 5.94. The molecule has 2 heterocycles. The molecule has 0 aromatic carbocycles. The summed E-state index contributed by atoms with van der Waals surface area (Å²) in [5.74, 6) is 0. The Morgan fingerprint density at radius 2 is 1.53 bits per heavy atom. The molecule has 0 aliphatic heterocycles. The van der Waals surface area contributed by atoms with Crippen molar-refractivity contribution < 1.29 is 0 Å². The molecule has 0 saturated heterocycles. The van der Waals surface area contributed by atoms with Crippen molar-refractivity contribution in [1.29, 1.82) is 0 Å². The first-order valence-corrected chi connectivity index (χ1v) is 6.61. The van der Waals surface area contributed by atoms with Gasteiger partial charge in [-0.25, -0.2) is 0 Å². The van der Waals surface area contributed by atoms with E-state index in [1.54, 1.807) is 22.7 Å². The lowest BCUT2D eigenvalue weighted by Crippen LogP contribution is -2.40. The first-order valence-electron chi connectivity index (χ1n) is 4.85. The van der Waals surface area contributed by atoms with Gasteiger partial charge in [0.05, 0.1) is 0 Å². The highest BCUT2D eigenvalue weighted by molar-refractivity contribution is 7.10. The first-order chi connectivity index (χ1) is 7.16. The molecule has 0 aliphatic rings. The van der Waals surface area contributed by atoms with Gasteiger partial charge in [0.15, 0.2) is 0 Å². The van der Waals surface area contributed by atoms with E-state index in [4.69, 9.17) is 5.73 Å². The minimum atomic E-state index is -0.379. The lowest BCUT2D eigenvalue weighted by atomic mass is 9.93. The van der Waals surface area contributed by atoms with Gasteiger partial charge in [-0.15, -0.1) is 22.7 Å². The molecule has 2 aromatic heterocycles. The highest BCUT2D eigenvalue weighted by Crippen LogP contribution is 2.21. The average Bonchev–Trinajstić information content (AvgIpc) is 2.75. The van der Waals surface area contributed by atoms with E-state index in [0.717, 1.165) is 12.8 Å². The molecule has 1 radical (unpaired) electrons. The molecule has 3 heteroatoms. The minimum Gasteiger partial charge on any atom is -0.324 e. The Kier molecular flexibility index (Phi) is 3.24. The summed E-state index contributed by atoms with van der Waals surface area (Å²) in [6.45, 7) is 4.11. The Bertz CT molecular complexity index is 349. The van der Waals surface area contributed by atoms with Crippen molar-refractivity contribution in [3.05, 3.63) is 51.7 Å². The van der Waals surface area contributed by atoms with Crippen LogP contribution in [0.25, 0.3) is 0 Å². The van der Waals surface area contributed by atoms with Crippen LogP contribution in [0.2, 0.25) is 0 Å². The van der Waals surface area contributed by atoms with Crippen LogP contribution in [0.3, 0.4) is 0 Å². The number of rotatable bonds is 4. The Balaban J connectivity index is 2.01. The Morgan fingerprint density at radius 1 is 1.07 bits per heavy atom. The fourth-order valence-corrected chi connectivity index (χ4v) is 3.30. The zero-order chi connectivity index (χ0) is 10.7. The molecule has 2 aromatic rings. The van der Waals surface area contributed by atoms with Gasteiger partial charge in [-0.1, -0.05) is 12.1 Å². The van der Waals surface area contributed by atoms with E-state index >= 15 is 0 Å². The van der Waals surface area contributed by atoms with Crippen LogP contribution in [0.5, 0.6) is 0 Å². The van der Waals surface area contributed by atoms with Gasteiger partial charge in [0.25, 0.3) is 0 Å². The van der Waals surface area contributed by atoms with E-state index in [-0.39, 0.29) is 5.54 Å². The Labute approximate surface area is 98.6 Å². The Hall–Kier alpha value is -0.640. The molecule has 0 aliphatic carbocycles. The van der Waals surface area contributed by atoms with Crippen LogP contribution in [0, 0.1) is 6.92 Å². The molecule has 0 bridgehead atoms. The second kappa shape index (κ2) is 4.47. The molecule has 0 fully saturated rings. The maximum Gasteiger partial charge on any atom is 0.0252 e. The molecule has 2 N–H and O–H groups in total. The van der Waals surface area contributed by atoms with Gasteiger partial charge in [-0.05, 0) is 29.8 Å². The third-order valence-electron chi connectivity index (χ3n) is 2.21. The van der Waals surface area contributed by atoms with E-state index in [9.17, 15) is 0 Å². The van der Waals surface area contributed by atoms with Gasteiger partial charge in [0.1, 0.15) is 0 Å². The van der Waals surface area contributed by atoms with Crippen LogP contribution in [0.15, 0.2) is 35.0 Å². The van der Waals surface area contributed by atoms with Crippen LogP contribution >= 0.6 is 22.7 Å². The van der Waals surface area contributed by atoms with Crippen molar-refractivity contribution >= 4 is 22.7 Å². The van der Waals surface area contributed by atoms with Crippen molar-refractivity contribution in [2.45, 2.75) is 18.4 Å². The van der Waals surface area contributed by atoms with Crippen LogP contribution in [0.4, 0.5) is 0 Å². The zero-order valence-electron chi connectivity index (χ0n) is 8.48. The number of hydrogen-bond acceptors (Lipinski definition) is 3. The third kappa shape index (κ3) is 3.16. The van der Waals surface area contributed by atoms with Crippen LogP contribution < -0.4 is 5.73 Å². The van der Waals surface area contributed by atoms with E-state index in [1.165, 1.54) is 9.75 Å².